The lowest BCUT2D eigenvalue weighted by Crippen LogP contribution is -2.48. The molecule has 3 aliphatic rings. The van der Waals surface area contributed by atoms with Gasteiger partial charge in [0, 0.05) is 5.56 Å². The monoisotopic (exact) mass is 384 g/mol. The molecule has 0 unspecified atom stereocenters. The summed E-state index contributed by atoms with van der Waals surface area (Å²) in [5.41, 5.74) is 5.18. The lowest BCUT2D eigenvalue weighted by molar-refractivity contribution is -0.148. The maximum Gasteiger partial charge on any atom is 0.307 e. The Hall–Kier alpha value is -2.83. The first-order valence-corrected chi connectivity index (χ1v) is 9.81. The van der Waals surface area contributed by atoms with E-state index in [-0.39, 0.29) is 17.9 Å². The molecular weight excluding hydrogens is 360 g/mol. The Kier molecular flexibility index (Phi) is 5.07. The highest BCUT2D eigenvalue weighted by Crippen LogP contribution is 2.48. The molecular formula is C21H24N2O5. The van der Waals surface area contributed by atoms with Gasteiger partial charge in [0.2, 0.25) is 5.91 Å². The summed E-state index contributed by atoms with van der Waals surface area (Å²) in [4.78, 5) is 36.3. The van der Waals surface area contributed by atoms with Crippen molar-refractivity contribution in [2.75, 3.05) is 0 Å². The number of nitrogens with one attached hydrogen (secondary N) is 2. The zero-order valence-corrected chi connectivity index (χ0v) is 15.5. The highest BCUT2D eigenvalue weighted by molar-refractivity contribution is 5.96. The van der Waals surface area contributed by atoms with Gasteiger partial charge in [0.05, 0.1) is 17.9 Å². The summed E-state index contributed by atoms with van der Waals surface area (Å²) in [5.74, 6) is -2.75. The quantitative estimate of drug-likeness (QED) is 0.534. The van der Waals surface area contributed by atoms with Crippen molar-refractivity contribution in [2.45, 2.75) is 38.2 Å². The van der Waals surface area contributed by atoms with Crippen LogP contribution < -0.4 is 15.6 Å². The third-order valence-electron chi connectivity index (χ3n) is 6.07. The second-order valence-corrected chi connectivity index (χ2v) is 7.83. The van der Waals surface area contributed by atoms with E-state index in [2.05, 4.69) is 10.9 Å². The van der Waals surface area contributed by atoms with Crippen molar-refractivity contribution in [1.82, 2.24) is 10.9 Å². The van der Waals surface area contributed by atoms with E-state index < -0.39 is 29.6 Å². The number of allylic oxidation sites excluding steroid dienone is 2. The average molecular weight is 384 g/mol. The highest BCUT2D eigenvalue weighted by atomic mass is 16.5. The van der Waals surface area contributed by atoms with Gasteiger partial charge >= 0.3 is 5.97 Å². The molecule has 2 amide bonds. The van der Waals surface area contributed by atoms with Crippen LogP contribution in [0.3, 0.4) is 0 Å². The summed E-state index contributed by atoms with van der Waals surface area (Å²) in [6, 6.07) is 6.78. The summed E-state index contributed by atoms with van der Waals surface area (Å²) in [5, 5.41) is 9.42. The predicted octanol–water partition coefficient (Wildman–Crippen LogP) is 2.29. The van der Waals surface area contributed by atoms with Crippen LogP contribution in [0.15, 0.2) is 36.4 Å². The van der Waals surface area contributed by atoms with Crippen LogP contribution in [-0.4, -0.2) is 29.0 Å². The van der Waals surface area contributed by atoms with Crippen LogP contribution in [0.4, 0.5) is 0 Å². The molecule has 4 atom stereocenters. The fourth-order valence-electron chi connectivity index (χ4n) is 4.67. The number of carbonyl (C=O) groups is 3. The van der Waals surface area contributed by atoms with Crippen molar-refractivity contribution < 1.29 is 24.2 Å². The Labute approximate surface area is 163 Å². The summed E-state index contributed by atoms with van der Waals surface area (Å²) in [7, 11) is 0. The zero-order valence-electron chi connectivity index (χ0n) is 15.5. The molecule has 0 spiro atoms. The van der Waals surface area contributed by atoms with E-state index in [0.29, 0.717) is 12.0 Å². The van der Waals surface area contributed by atoms with Crippen LogP contribution in [0.1, 0.15) is 42.5 Å². The van der Waals surface area contributed by atoms with Gasteiger partial charge in [-0.05, 0) is 68.2 Å². The van der Waals surface area contributed by atoms with Gasteiger partial charge in [0.15, 0.2) is 0 Å². The smallest absolute Gasteiger partial charge is 0.307 e. The molecule has 0 heterocycles. The summed E-state index contributed by atoms with van der Waals surface area (Å²) < 4.78 is 5.87. The van der Waals surface area contributed by atoms with Gasteiger partial charge in [0.1, 0.15) is 5.75 Å². The number of hydrazine groups is 1. The van der Waals surface area contributed by atoms with Crippen LogP contribution >= 0.6 is 0 Å². The Morgan fingerprint density at radius 2 is 1.57 bits per heavy atom. The van der Waals surface area contributed by atoms with E-state index >= 15 is 0 Å². The Bertz CT molecular complexity index is 798. The molecule has 0 saturated heterocycles. The van der Waals surface area contributed by atoms with Crippen LogP contribution in [0.5, 0.6) is 5.75 Å². The topological polar surface area (TPSA) is 105 Å². The Morgan fingerprint density at radius 3 is 2.21 bits per heavy atom. The first-order chi connectivity index (χ1) is 13.5. The minimum atomic E-state index is -0.971. The van der Waals surface area contributed by atoms with Gasteiger partial charge in [-0.3, -0.25) is 25.2 Å². The third-order valence-corrected chi connectivity index (χ3v) is 6.07. The molecule has 7 heteroatoms. The van der Waals surface area contributed by atoms with Gasteiger partial charge in [0.25, 0.3) is 5.91 Å². The number of carboxylic acids is 1. The minimum Gasteiger partial charge on any atom is -0.490 e. The van der Waals surface area contributed by atoms with E-state index in [1.165, 1.54) is 12.8 Å². The molecule has 148 valence electrons. The molecule has 0 aliphatic heterocycles. The van der Waals surface area contributed by atoms with E-state index in [4.69, 9.17) is 4.74 Å². The highest BCUT2D eigenvalue weighted by Gasteiger charge is 2.51. The Balaban J connectivity index is 1.32. The molecule has 2 bridgehead atoms. The lowest BCUT2D eigenvalue weighted by Gasteiger charge is -2.23. The van der Waals surface area contributed by atoms with Crippen molar-refractivity contribution in [3.05, 3.63) is 42.0 Å². The zero-order chi connectivity index (χ0) is 19.7. The van der Waals surface area contributed by atoms with Crippen LogP contribution in [0.25, 0.3) is 0 Å². The van der Waals surface area contributed by atoms with Crippen molar-refractivity contribution in [3.8, 4) is 5.75 Å². The second-order valence-electron chi connectivity index (χ2n) is 7.83. The van der Waals surface area contributed by atoms with E-state index in [1.807, 2.05) is 12.2 Å². The number of hydrogen-bond acceptors (Lipinski definition) is 4. The molecule has 0 radical (unpaired) electrons. The molecule has 1 aromatic rings. The van der Waals surface area contributed by atoms with E-state index in [0.717, 1.165) is 18.6 Å². The number of rotatable bonds is 5. The van der Waals surface area contributed by atoms with Gasteiger partial charge in [-0.25, -0.2) is 0 Å². The summed E-state index contributed by atoms with van der Waals surface area (Å²) in [6.45, 7) is 0. The van der Waals surface area contributed by atoms with Gasteiger partial charge < -0.3 is 9.84 Å². The summed E-state index contributed by atoms with van der Waals surface area (Å²) >= 11 is 0. The van der Waals surface area contributed by atoms with Crippen molar-refractivity contribution >= 4 is 17.8 Å². The van der Waals surface area contributed by atoms with E-state index in [1.54, 1.807) is 24.3 Å². The van der Waals surface area contributed by atoms with Gasteiger partial charge in [-0.2, -0.15) is 0 Å². The normalized spacial score (nSPS) is 28.3. The van der Waals surface area contributed by atoms with Crippen LogP contribution in [0.2, 0.25) is 0 Å². The Morgan fingerprint density at radius 1 is 0.929 bits per heavy atom. The van der Waals surface area contributed by atoms with Gasteiger partial charge in [-0.15, -0.1) is 0 Å². The fraction of sp³-hybridized carbons (Fsp3) is 0.476. The summed E-state index contributed by atoms with van der Waals surface area (Å²) in [6.07, 6.45) is 9.19. The van der Waals surface area contributed by atoms with Crippen molar-refractivity contribution in [2.24, 2.45) is 23.7 Å². The maximum atomic E-state index is 12.5. The SMILES string of the molecule is O=C(NNC(=O)[C@@H]1[C@@H](C(=O)O)[C@@H]2C=C[C@H]1C2)c1ccc(OC2CCCC2)cc1. The van der Waals surface area contributed by atoms with Crippen molar-refractivity contribution in [1.29, 1.82) is 0 Å². The number of benzene rings is 1. The number of carboxylic acid groups (broad SMARTS) is 1. The third kappa shape index (κ3) is 3.61. The molecule has 3 N–H and O–H groups in total. The molecule has 2 fully saturated rings. The van der Waals surface area contributed by atoms with Crippen LogP contribution in [-0.2, 0) is 9.59 Å². The number of fused-ring (bicyclic) bond motifs is 2. The molecule has 0 aromatic heterocycles. The first-order valence-electron chi connectivity index (χ1n) is 9.81. The van der Waals surface area contributed by atoms with Crippen molar-refractivity contribution in [3.63, 3.8) is 0 Å². The average Bonchev–Trinajstić information content (AvgIpc) is 3.43. The second kappa shape index (κ2) is 7.66. The predicted molar refractivity (Wildman–Crippen MR) is 100 cm³/mol. The molecule has 4 rings (SSSR count). The number of ether oxygens (including phenoxy) is 1. The number of aliphatic carboxylic acids is 1. The molecule has 7 nitrogen and oxygen atoms in total. The lowest BCUT2D eigenvalue weighted by atomic mass is 9.82. The largest absolute Gasteiger partial charge is 0.490 e. The standard InChI is InChI=1S/C21H24N2O5/c24-19(12-7-9-16(10-8-12)28-15-3-1-2-4-15)22-23-20(25)17-13-5-6-14(11-13)18(17)21(26)27/h5-10,13-15,17-18H,1-4,11H2,(H,22,24)(H,23,25)(H,26,27)/t13-,14+,17-,18-/m0/s1. The molecule has 28 heavy (non-hydrogen) atoms. The number of hydrogen-bond donors (Lipinski definition) is 3. The van der Waals surface area contributed by atoms with Gasteiger partial charge in [-0.1, -0.05) is 12.2 Å². The number of carbonyl (C=O) groups excluding carboxylic acids is 2. The molecule has 1 aromatic carbocycles. The van der Waals surface area contributed by atoms with Crippen LogP contribution in [0, 0.1) is 23.7 Å². The number of amides is 2. The minimum absolute atomic E-state index is 0.0879. The first kappa shape index (κ1) is 18.5. The fourth-order valence-corrected chi connectivity index (χ4v) is 4.67. The van der Waals surface area contributed by atoms with E-state index in [9.17, 15) is 19.5 Å². The maximum absolute atomic E-state index is 12.5. The molecule has 3 aliphatic carbocycles. The molecule has 2 saturated carbocycles.